The highest BCUT2D eigenvalue weighted by molar-refractivity contribution is 9.12. The Balaban J connectivity index is 3.18. The zero-order valence-corrected chi connectivity index (χ0v) is 11.1. The van der Waals surface area contributed by atoms with Crippen molar-refractivity contribution in [3.63, 3.8) is 0 Å². The first kappa shape index (κ1) is 10.5. The summed E-state index contributed by atoms with van der Waals surface area (Å²) in [7, 11) is 0. The van der Waals surface area contributed by atoms with E-state index in [1.54, 1.807) is 0 Å². The third kappa shape index (κ3) is 1.56. The van der Waals surface area contributed by atoms with Crippen LogP contribution >= 0.6 is 31.9 Å². The topological polar surface area (TPSA) is 0 Å². The molecule has 1 aliphatic carbocycles. The predicted octanol–water partition coefficient (Wildman–Crippen LogP) is 4.40. The summed E-state index contributed by atoms with van der Waals surface area (Å²) in [6.07, 6.45) is 2.23. The van der Waals surface area contributed by atoms with E-state index in [0.29, 0.717) is 4.83 Å². The van der Waals surface area contributed by atoms with Gasteiger partial charge in [-0.1, -0.05) is 57.4 Å². The van der Waals surface area contributed by atoms with Crippen molar-refractivity contribution in [2.45, 2.75) is 32.5 Å². The molecule has 0 fully saturated rings. The number of halogens is 2. The molecule has 0 saturated carbocycles. The van der Waals surface area contributed by atoms with Gasteiger partial charge in [-0.25, -0.2) is 0 Å². The van der Waals surface area contributed by atoms with Gasteiger partial charge in [0, 0.05) is 14.7 Å². The van der Waals surface area contributed by atoms with Gasteiger partial charge in [0.2, 0.25) is 0 Å². The molecule has 0 heterocycles. The Labute approximate surface area is 91.4 Å². The maximum atomic E-state index is 3.71. The maximum absolute atomic E-state index is 3.71. The molecule has 0 bridgehead atoms. The Kier molecular flexibility index (Phi) is 2.89. The first-order valence-corrected chi connectivity index (χ1v) is 5.77. The number of allylic oxidation sites excluding steroid dienone is 4. The molecule has 0 N–H and O–H groups in total. The average Bonchev–Trinajstić information content (AvgIpc) is 1.99. The van der Waals surface area contributed by atoms with Crippen LogP contribution < -0.4 is 0 Å². The van der Waals surface area contributed by atoms with Crippen LogP contribution in [-0.2, 0) is 0 Å². The molecule has 1 aliphatic rings. The Morgan fingerprint density at radius 3 is 2.33 bits per heavy atom. The first-order valence-electron chi connectivity index (χ1n) is 4.06. The standard InChI is InChI=1S/C10H14Br2/c1-6-5-7(2)9(12)10(3,4)8(6)11/h5,8H,1-4H3. The van der Waals surface area contributed by atoms with Crippen LogP contribution in [0.3, 0.4) is 0 Å². The first-order chi connectivity index (χ1) is 5.37. The molecule has 68 valence electrons. The largest absolute Gasteiger partial charge is 0.0833 e. The van der Waals surface area contributed by atoms with Gasteiger partial charge in [-0.3, -0.25) is 0 Å². The summed E-state index contributed by atoms with van der Waals surface area (Å²) in [4.78, 5) is 0.447. The van der Waals surface area contributed by atoms with Gasteiger partial charge >= 0.3 is 0 Å². The SMILES string of the molecule is CC1=CC(C)=C(Br)C(C)(C)C1Br. The van der Waals surface area contributed by atoms with Gasteiger partial charge in [-0.05, 0) is 19.4 Å². The fourth-order valence-corrected chi connectivity index (χ4v) is 2.68. The molecule has 2 heteroatoms. The van der Waals surface area contributed by atoms with Crippen LogP contribution in [0.4, 0.5) is 0 Å². The molecule has 0 nitrogen and oxygen atoms in total. The van der Waals surface area contributed by atoms with Gasteiger partial charge in [0.05, 0.1) is 0 Å². The fraction of sp³-hybridized carbons (Fsp3) is 0.600. The lowest BCUT2D eigenvalue weighted by molar-refractivity contribution is 0.478. The van der Waals surface area contributed by atoms with Gasteiger partial charge in [-0.15, -0.1) is 0 Å². The number of alkyl halides is 1. The summed E-state index contributed by atoms with van der Waals surface area (Å²) in [5, 5.41) is 0. The molecule has 0 spiro atoms. The van der Waals surface area contributed by atoms with Crippen LogP contribution in [-0.4, -0.2) is 4.83 Å². The van der Waals surface area contributed by atoms with Gasteiger partial charge in [0.15, 0.2) is 0 Å². The van der Waals surface area contributed by atoms with Crippen molar-refractivity contribution in [3.8, 4) is 0 Å². The van der Waals surface area contributed by atoms with E-state index in [2.05, 4.69) is 65.6 Å². The summed E-state index contributed by atoms with van der Waals surface area (Å²) < 4.78 is 1.31. The third-order valence-corrected chi connectivity index (χ3v) is 5.90. The van der Waals surface area contributed by atoms with Crippen LogP contribution in [0.25, 0.3) is 0 Å². The molecule has 0 aromatic carbocycles. The second-order valence-corrected chi connectivity index (χ2v) is 5.68. The normalized spacial score (nSPS) is 28.8. The van der Waals surface area contributed by atoms with Crippen molar-refractivity contribution < 1.29 is 0 Å². The molecule has 0 amide bonds. The molecule has 0 saturated heterocycles. The van der Waals surface area contributed by atoms with Gasteiger partial charge in [0.25, 0.3) is 0 Å². The Morgan fingerprint density at radius 1 is 1.33 bits per heavy atom. The van der Waals surface area contributed by atoms with Crippen LogP contribution in [0.5, 0.6) is 0 Å². The smallest absolute Gasteiger partial charge is 0.0451 e. The third-order valence-electron chi connectivity index (χ3n) is 2.39. The minimum Gasteiger partial charge on any atom is -0.0833 e. The highest BCUT2D eigenvalue weighted by Crippen LogP contribution is 2.46. The van der Waals surface area contributed by atoms with Gasteiger partial charge in [0.1, 0.15) is 0 Å². The molecule has 1 rings (SSSR count). The van der Waals surface area contributed by atoms with Gasteiger partial charge < -0.3 is 0 Å². The van der Waals surface area contributed by atoms with Gasteiger partial charge in [-0.2, -0.15) is 0 Å². The Morgan fingerprint density at radius 2 is 1.83 bits per heavy atom. The van der Waals surface area contributed by atoms with Crippen LogP contribution in [0.2, 0.25) is 0 Å². The second kappa shape index (κ2) is 3.30. The van der Waals surface area contributed by atoms with Crippen LogP contribution in [0, 0.1) is 5.41 Å². The summed E-state index contributed by atoms with van der Waals surface area (Å²) >= 11 is 7.36. The summed E-state index contributed by atoms with van der Waals surface area (Å²) in [6, 6.07) is 0. The summed E-state index contributed by atoms with van der Waals surface area (Å²) in [5.41, 5.74) is 2.93. The average molecular weight is 294 g/mol. The molecule has 1 atom stereocenters. The summed E-state index contributed by atoms with van der Waals surface area (Å²) in [5.74, 6) is 0. The molecule has 0 aromatic heterocycles. The zero-order valence-electron chi connectivity index (χ0n) is 7.91. The monoisotopic (exact) mass is 292 g/mol. The number of rotatable bonds is 0. The highest BCUT2D eigenvalue weighted by atomic mass is 79.9. The molecule has 0 aliphatic heterocycles. The second-order valence-electron chi connectivity index (χ2n) is 3.97. The summed E-state index contributed by atoms with van der Waals surface area (Å²) in [6.45, 7) is 8.81. The molecule has 0 aromatic rings. The molecule has 1 unspecified atom stereocenters. The van der Waals surface area contributed by atoms with E-state index < -0.39 is 0 Å². The minimum atomic E-state index is 0.183. The van der Waals surface area contributed by atoms with Crippen molar-refractivity contribution in [2.75, 3.05) is 0 Å². The Hall–Kier alpha value is 0.440. The van der Waals surface area contributed by atoms with E-state index in [4.69, 9.17) is 0 Å². The maximum Gasteiger partial charge on any atom is 0.0451 e. The van der Waals surface area contributed by atoms with Crippen molar-refractivity contribution in [2.24, 2.45) is 5.41 Å². The Bertz CT molecular complexity index is 259. The van der Waals surface area contributed by atoms with Crippen LogP contribution in [0.1, 0.15) is 27.7 Å². The van der Waals surface area contributed by atoms with E-state index in [-0.39, 0.29) is 5.41 Å². The quantitative estimate of drug-likeness (QED) is 0.581. The molecular formula is C10H14Br2. The van der Waals surface area contributed by atoms with E-state index in [9.17, 15) is 0 Å². The van der Waals surface area contributed by atoms with E-state index in [0.717, 1.165) is 0 Å². The van der Waals surface area contributed by atoms with E-state index >= 15 is 0 Å². The molecule has 0 radical (unpaired) electrons. The lowest BCUT2D eigenvalue weighted by Crippen LogP contribution is -2.28. The van der Waals surface area contributed by atoms with Crippen molar-refractivity contribution in [1.82, 2.24) is 0 Å². The molecular weight excluding hydrogens is 280 g/mol. The van der Waals surface area contributed by atoms with Crippen LogP contribution in [0.15, 0.2) is 21.7 Å². The van der Waals surface area contributed by atoms with Crippen molar-refractivity contribution in [1.29, 1.82) is 0 Å². The van der Waals surface area contributed by atoms with E-state index in [1.165, 1.54) is 15.6 Å². The highest BCUT2D eigenvalue weighted by Gasteiger charge is 2.34. The minimum absolute atomic E-state index is 0.183. The van der Waals surface area contributed by atoms with Crippen molar-refractivity contribution in [3.05, 3.63) is 21.7 Å². The fourth-order valence-electron chi connectivity index (χ4n) is 1.67. The zero-order chi connectivity index (χ0) is 9.52. The predicted molar refractivity (Wildman–Crippen MR) is 61.9 cm³/mol. The lowest BCUT2D eigenvalue weighted by Gasteiger charge is -2.35. The van der Waals surface area contributed by atoms with Crippen molar-refractivity contribution >= 4 is 31.9 Å². The lowest BCUT2D eigenvalue weighted by atomic mass is 9.80. The molecule has 12 heavy (non-hydrogen) atoms. The number of hydrogen-bond donors (Lipinski definition) is 0. The van der Waals surface area contributed by atoms with E-state index in [1.807, 2.05) is 0 Å². The number of hydrogen-bond acceptors (Lipinski definition) is 0.